The molecule has 0 bridgehead atoms. The van der Waals surface area contributed by atoms with E-state index in [4.69, 9.17) is 0 Å². The van der Waals surface area contributed by atoms with E-state index < -0.39 is 5.60 Å². The normalized spacial score (nSPS) is 26.3. The van der Waals surface area contributed by atoms with Gasteiger partial charge < -0.3 is 15.3 Å². The second-order valence-corrected chi connectivity index (χ2v) is 5.92. The third-order valence-corrected chi connectivity index (χ3v) is 4.04. The van der Waals surface area contributed by atoms with Gasteiger partial charge in [0, 0.05) is 19.1 Å². The number of nitrogens with one attached hydrogen (secondary N) is 1. The summed E-state index contributed by atoms with van der Waals surface area (Å²) in [4.78, 5) is 2.39. The maximum Gasteiger partial charge on any atom is 0.0746 e. The Kier molecular flexibility index (Phi) is 4.97. The molecule has 1 saturated heterocycles. The fraction of sp³-hybridized carbons (Fsp3) is 0.625. The van der Waals surface area contributed by atoms with Crippen LogP contribution in [0.4, 0.5) is 0 Å². The Hall–Kier alpha value is -0.900. The van der Waals surface area contributed by atoms with Crippen LogP contribution < -0.4 is 5.32 Å². The average Bonchev–Trinajstić information content (AvgIpc) is 2.39. The molecular formula is C16H26N2O. The van der Waals surface area contributed by atoms with E-state index in [0.717, 1.165) is 38.9 Å². The Bertz CT molecular complexity index is 378. The molecule has 1 aromatic rings. The molecule has 2 rings (SSSR count). The van der Waals surface area contributed by atoms with E-state index >= 15 is 0 Å². The first-order valence-electron chi connectivity index (χ1n) is 7.28. The highest BCUT2D eigenvalue weighted by atomic mass is 16.3. The summed E-state index contributed by atoms with van der Waals surface area (Å²) in [5.74, 6) is 0. The lowest BCUT2D eigenvalue weighted by molar-refractivity contribution is -0.0163. The van der Waals surface area contributed by atoms with Crippen molar-refractivity contribution in [3.63, 3.8) is 0 Å². The highest BCUT2D eigenvalue weighted by Crippen LogP contribution is 2.22. The summed E-state index contributed by atoms with van der Waals surface area (Å²) in [5, 5.41) is 13.5. The highest BCUT2D eigenvalue weighted by Gasteiger charge is 2.28. The van der Waals surface area contributed by atoms with E-state index in [1.54, 1.807) is 0 Å². The first kappa shape index (κ1) is 14.5. The summed E-state index contributed by atoms with van der Waals surface area (Å²) >= 11 is 0. The summed E-state index contributed by atoms with van der Waals surface area (Å²) in [6, 6.07) is 11.0. The standard InChI is InChI=1S/C16H26N2O/c1-16(19)10-6-11-18(13-16)12-9-15(17-2)14-7-4-3-5-8-14/h3-5,7-8,15,17,19H,6,9-13H2,1-2H3. The number of piperidine rings is 1. The minimum atomic E-state index is -0.500. The molecule has 0 aliphatic carbocycles. The van der Waals surface area contributed by atoms with Gasteiger partial charge in [0.25, 0.3) is 0 Å². The van der Waals surface area contributed by atoms with Crippen LogP contribution in [0.1, 0.15) is 37.8 Å². The number of benzene rings is 1. The van der Waals surface area contributed by atoms with Gasteiger partial charge in [0.1, 0.15) is 0 Å². The molecule has 0 amide bonds. The first-order chi connectivity index (χ1) is 9.11. The molecule has 1 aromatic carbocycles. The quantitative estimate of drug-likeness (QED) is 0.854. The molecule has 1 aliphatic rings. The van der Waals surface area contributed by atoms with E-state index in [1.165, 1.54) is 5.56 Å². The molecule has 2 atom stereocenters. The summed E-state index contributed by atoms with van der Waals surface area (Å²) in [5.41, 5.74) is 0.842. The zero-order valence-electron chi connectivity index (χ0n) is 12.1. The lowest BCUT2D eigenvalue weighted by Crippen LogP contribution is -2.46. The van der Waals surface area contributed by atoms with Crippen LogP contribution >= 0.6 is 0 Å². The van der Waals surface area contributed by atoms with Crippen LogP contribution in [0.3, 0.4) is 0 Å². The van der Waals surface area contributed by atoms with Crippen molar-refractivity contribution in [2.45, 2.75) is 37.8 Å². The Labute approximate surface area is 116 Å². The van der Waals surface area contributed by atoms with Gasteiger partial charge in [-0.15, -0.1) is 0 Å². The number of aliphatic hydroxyl groups is 1. The molecule has 1 heterocycles. The van der Waals surface area contributed by atoms with Crippen LogP contribution in [0, 0.1) is 0 Å². The Morgan fingerprint density at radius 1 is 1.37 bits per heavy atom. The van der Waals surface area contributed by atoms with E-state index in [2.05, 4.69) is 40.5 Å². The number of hydrogen-bond acceptors (Lipinski definition) is 3. The second-order valence-electron chi connectivity index (χ2n) is 5.92. The van der Waals surface area contributed by atoms with Crippen molar-refractivity contribution in [3.8, 4) is 0 Å². The molecule has 3 nitrogen and oxygen atoms in total. The van der Waals surface area contributed by atoms with Gasteiger partial charge in [-0.05, 0) is 45.3 Å². The van der Waals surface area contributed by atoms with Gasteiger partial charge in [0.2, 0.25) is 0 Å². The average molecular weight is 262 g/mol. The zero-order valence-corrected chi connectivity index (χ0v) is 12.1. The largest absolute Gasteiger partial charge is 0.389 e. The molecule has 1 aliphatic heterocycles. The van der Waals surface area contributed by atoms with Crippen LogP contribution in [0.5, 0.6) is 0 Å². The highest BCUT2D eigenvalue weighted by molar-refractivity contribution is 5.18. The SMILES string of the molecule is CNC(CCN1CCCC(C)(O)C1)c1ccccc1. The van der Waals surface area contributed by atoms with Gasteiger partial charge in [-0.3, -0.25) is 0 Å². The molecular weight excluding hydrogens is 236 g/mol. The minimum Gasteiger partial charge on any atom is -0.389 e. The van der Waals surface area contributed by atoms with E-state index in [1.807, 2.05) is 14.0 Å². The van der Waals surface area contributed by atoms with E-state index in [-0.39, 0.29) is 0 Å². The van der Waals surface area contributed by atoms with Crippen molar-refractivity contribution in [3.05, 3.63) is 35.9 Å². The molecule has 2 N–H and O–H groups in total. The fourth-order valence-corrected chi connectivity index (χ4v) is 2.99. The van der Waals surface area contributed by atoms with Gasteiger partial charge in [0.05, 0.1) is 5.60 Å². The number of nitrogens with zero attached hydrogens (tertiary/aromatic N) is 1. The Morgan fingerprint density at radius 3 is 2.74 bits per heavy atom. The van der Waals surface area contributed by atoms with Crippen LogP contribution in [0.25, 0.3) is 0 Å². The topological polar surface area (TPSA) is 35.5 Å². The molecule has 19 heavy (non-hydrogen) atoms. The summed E-state index contributed by atoms with van der Waals surface area (Å²) in [7, 11) is 2.02. The summed E-state index contributed by atoms with van der Waals surface area (Å²) in [6.45, 7) is 4.90. The van der Waals surface area contributed by atoms with Crippen LogP contribution in [0.15, 0.2) is 30.3 Å². The van der Waals surface area contributed by atoms with Gasteiger partial charge in [-0.2, -0.15) is 0 Å². The number of rotatable bonds is 5. The monoisotopic (exact) mass is 262 g/mol. The van der Waals surface area contributed by atoms with Crippen molar-refractivity contribution >= 4 is 0 Å². The first-order valence-corrected chi connectivity index (χ1v) is 7.28. The van der Waals surface area contributed by atoms with Gasteiger partial charge in [0.15, 0.2) is 0 Å². The lowest BCUT2D eigenvalue weighted by Gasteiger charge is -2.37. The number of β-amino-alcohol motifs (C(OH)–C–C–N with tert-alkyl or cyclic N) is 1. The van der Waals surface area contributed by atoms with Gasteiger partial charge in [-0.25, -0.2) is 0 Å². The van der Waals surface area contributed by atoms with Crippen LogP contribution in [-0.4, -0.2) is 42.3 Å². The number of hydrogen-bond donors (Lipinski definition) is 2. The molecule has 3 heteroatoms. The van der Waals surface area contributed by atoms with E-state index in [9.17, 15) is 5.11 Å². The third kappa shape index (κ3) is 4.30. The number of likely N-dealkylation sites (tertiary alicyclic amines) is 1. The molecule has 0 spiro atoms. The lowest BCUT2D eigenvalue weighted by atomic mass is 9.94. The fourth-order valence-electron chi connectivity index (χ4n) is 2.99. The smallest absolute Gasteiger partial charge is 0.0746 e. The molecule has 0 aromatic heterocycles. The van der Waals surface area contributed by atoms with Gasteiger partial charge >= 0.3 is 0 Å². The predicted molar refractivity (Wildman–Crippen MR) is 79.2 cm³/mol. The summed E-state index contributed by atoms with van der Waals surface area (Å²) < 4.78 is 0. The Morgan fingerprint density at radius 2 is 2.11 bits per heavy atom. The van der Waals surface area contributed by atoms with Crippen molar-refractivity contribution in [1.29, 1.82) is 0 Å². The Balaban J connectivity index is 1.87. The maximum absolute atomic E-state index is 10.1. The molecule has 2 unspecified atom stereocenters. The predicted octanol–water partition coefficient (Wildman–Crippen LogP) is 2.18. The van der Waals surface area contributed by atoms with Crippen molar-refractivity contribution in [2.75, 3.05) is 26.7 Å². The van der Waals surface area contributed by atoms with Crippen molar-refractivity contribution in [1.82, 2.24) is 10.2 Å². The van der Waals surface area contributed by atoms with E-state index in [0.29, 0.717) is 6.04 Å². The summed E-state index contributed by atoms with van der Waals surface area (Å²) in [6.07, 6.45) is 3.11. The zero-order chi connectivity index (χ0) is 13.7. The van der Waals surface area contributed by atoms with Crippen molar-refractivity contribution in [2.24, 2.45) is 0 Å². The third-order valence-electron chi connectivity index (χ3n) is 4.04. The maximum atomic E-state index is 10.1. The van der Waals surface area contributed by atoms with Crippen molar-refractivity contribution < 1.29 is 5.11 Å². The van der Waals surface area contributed by atoms with Crippen LogP contribution in [-0.2, 0) is 0 Å². The molecule has 0 saturated carbocycles. The second kappa shape index (κ2) is 6.51. The van der Waals surface area contributed by atoms with Gasteiger partial charge in [-0.1, -0.05) is 30.3 Å². The molecule has 0 radical (unpaired) electrons. The molecule has 1 fully saturated rings. The minimum absolute atomic E-state index is 0.396. The van der Waals surface area contributed by atoms with Crippen LogP contribution in [0.2, 0.25) is 0 Å². The molecule has 106 valence electrons.